The van der Waals surface area contributed by atoms with Gasteiger partial charge in [-0.2, -0.15) is 5.10 Å². The highest BCUT2D eigenvalue weighted by molar-refractivity contribution is 7.99. The van der Waals surface area contributed by atoms with Crippen LogP contribution in [0.2, 0.25) is 0 Å². The minimum atomic E-state index is -0.381. The largest absolute Gasteiger partial charge is 0.456 e. The van der Waals surface area contributed by atoms with E-state index in [-0.39, 0.29) is 24.9 Å². The molecule has 0 atom stereocenters. The van der Waals surface area contributed by atoms with Crippen molar-refractivity contribution in [1.29, 1.82) is 0 Å². The van der Waals surface area contributed by atoms with Crippen LogP contribution in [0.3, 0.4) is 0 Å². The molecule has 0 saturated heterocycles. The van der Waals surface area contributed by atoms with Gasteiger partial charge in [0, 0.05) is 17.7 Å². The normalized spacial score (nSPS) is 10.5. The van der Waals surface area contributed by atoms with Crippen molar-refractivity contribution >= 4 is 29.3 Å². The first kappa shape index (κ1) is 18.1. The van der Waals surface area contributed by atoms with Crippen LogP contribution in [0.25, 0.3) is 0 Å². The highest BCUT2D eigenvalue weighted by Crippen LogP contribution is 2.19. The third-order valence-electron chi connectivity index (χ3n) is 3.46. The van der Waals surface area contributed by atoms with E-state index in [2.05, 4.69) is 10.4 Å². The second kappa shape index (κ2) is 8.54. The van der Waals surface area contributed by atoms with Gasteiger partial charge in [-0.25, -0.2) is 0 Å². The van der Waals surface area contributed by atoms with E-state index in [0.29, 0.717) is 11.4 Å². The van der Waals surface area contributed by atoms with Gasteiger partial charge in [0.2, 0.25) is 0 Å². The zero-order valence-corrected chi connectivity index (χ0v) is 14.9. The lowest BCUT2D eigenvalue weighted by Gasteiger charge is -2.07. The standard InChI is InChI=1S/C17H21N3O3S/c1-12-17(13(2)20(3)19-12)18-15(21)11-23-16(22)9-10-24-14-7-5-4-6-8-14/h4-8H,9-11H2,1-3H3,(H,18,21). The van der Waals surface area contributed by atoms with Gasteiger partial charge in [0.15, 0.2) is 6.61 Å². The lowest BCUT2D eigenvalue weighted by atomic mass is 10.3. The Hall–Kier alpha value is -2.28. The molecule has 0 fully saturated rings. The number of ether oxygens (including phenoxy) is 1. The highest BCUT2D eigenvalue weighted by atomic mass is 32.2. The number of amides is 1. The maximum absolute atomic E-state index is 11.9. The van der Waals surface area contributed by atoms with E-state index >= 15 is 0 Å². The fraction of sp³-hybridized carbons (Fsp3) is 0.353. The lowest BCUT2D eigenvalue weighted by molar-refractivity contribution is -0.146. The minimum absolute atomic E-state index is 0.262. The molecule has 0 aliphatic carbocycles. The van der Waals surface area contributed by atoms with Crippen LogP contribution in [0.15, 0.2) is 35.2 Å². The third-order valence-corrected chi connectivity index (χ3v) is 4.47. The van der Waals surface area contributed by atoms with Gasteiger partial charge in [0.1, 0.15) is 0 Å². The van der Waals surface area contributed by atoms with Gasteiger partial charge in [0.05, 0.1) is 23.5 Å². The number of anilines is 1. The van der Waals surface area contributed by atoms with E-state index in [1.54, 1.807) is 16.4 Å². The van der Waals surface area contributed by atoms with Gasteiger partial charge in [-0.1, -0.05) is 18.2 Å². The quantitative estimate of drug-likeness (QED) is 0.616. The van der Waals surface area contributed by atoms with Crippen molar-refractivity contribution in [3.8, 4) is 0 Å². The SMILES string of the molecule is Cc1nn(C)c(C)c1NC(=O)COC(=O)CCSc1ccccc1. The molecule has 1 N–H and O–H groups in total. The molecule has 1 aromatic heterocycles. The van der Waals surface area contributed by atoms with E-state index in [9.17, 15) is 9.59 Å². The summed E-state index contributed by atoms with van der Waals surface area (Å²) in [5, 5.41) is 6.95. The molecule has 0 unspecified atom stereocenters. The van der Waals surface area contributed by atoms with Crippen molar-refractivity contribution < 1.29 is 14.3 Å². The Kier molecular flexibility index (Phi) is 6.43. The Bertz CT molecular complexity index is 713. The number of thioether (sulfide) groups is 1. The number of nitrogens with zero attached hydrogens (tertiary/aromatic N) is 2. The first-order valence-corrected chi connectivity index (χ1v) is 8.59. The van der Waals surface area contributed by atoms with E-state index in [0.717, 1.165) is 16.3 Å². The molecule has 0 spiro atoms. The van der Waals surface area contributed by atoms with Crippen LogP contribution in [0, 0.1) is 13.8 Å². The van der Waals surface area contributed by atoms with Crippen LogP contribution in [0.1, 0.15) is 17.8 Å². The molecule has 1 aromatic carbocycles. The summed E-state index contributed by atoms with van der Waals surface area (Å²) in [7, 11) is 1.81. The lowest BCUT2D eigenvalue weighted by Crippen LogP contribution is -2.21. The van der Waals surface area contributed by atoms with Crippen molar-refractivity contribution in [3.63, 3.8) is 0 Å². The third kappa shape index (κ3) is 5.13. The molecule has 128 valence electrons. The van der Waals surface area contributed by atoms with Gasteiger partial charge in [-0.05, 0) is 26.0 Å². The van der Waals surface area contributed by atoms with Crippen LogP contribution in [0.4, 0.5) is 5.69 Å². The van der Waals surface area contributed by atoms with Gasteiger partial charge >= 0.3 is 5.97 Å². The summed E-state index contributed by atoms with van der Waals surface area (Å²) in [6, 6.07) is 9.83. The van der Waals surface area contributed by atoms with Gasteiger partial charge in [0.25, 0.3) is 5.91 Å². The molecule has 24 heavy (non-hydrogen) atoms. The van der Waals surface area contributed by atoms with E-state index < -0.39 is 0 Å². The second-order valence-electron chi connectivity index (χ2n) is 5.29. The Morgan fingerprint density at radius 2 is 1.96 bits per heavy atom. The van der Waals surface area contributed by atoms with E-state index in [1.165, 1.54) is 0 Å². The highest BCUT2D eigenvalue weighted by Gasteiger charge is 2.14. The number of hydrogen-bond donors (Lipinski definition) is 1. The Morgan fingerprint density at radius 3 is 2.58 bits per heavy atom. The predicted molar refractivity (Wildman–Crippen MR) is 94.1 cm³/mol. The van der Waals surface area contributed by atoms with E-state index in [4.69, 9.17) is 4.74 Å². The summed E-state index contributed by atoms with van der Waals surface area (Å²) < 4.78 is 6.70. The molecule has 0 aliphatic rings. The second-order valence-corrected chi connectivity index (χ2v) is 6.46. The number of aromatic nitrogens is 2. The zero-order valence-electron chi connectivity index (χ0n) is 14.0. The topological polar surface area (TPSA) is 73.2 Å². The van der Waals surface area contributed by atoms with Crippen LogP contribution in [0.5, 0.6) is 0 Å². The van der Waals surface area contributed by atoms with Crippen LogP contribution in [-0.2, 0) is 21.4 Å². The van der Waals surface area contributed by atoms with Crippen LogP contribution in [-0.4, -0.2) is 34.0 Å². The smallest absolute Gasteiger partial charge is 0.307 e. The minimum Gasteiger partial charge on any atom is -0.456 e. The van der Waals surface area contributed by atoms with Gasteiger partial charge in [-0.15, -0.1) is 11.8 Å². The Balaban J connectivity index is 1.70. The molecule has 2 rings (SSSR count). The number of rotatable bonds is 7. The molecule has 6 nitrogen and oxygen atoms in total. The fourth-order valence-corrected chi connectivity index (χ4v) is 2.97. The van der Waals surface area contributed by atoms with Crippen molar-refractivity contribution in [3.05, 3.63) is 41.7 Å². The molecule has 7 heteroatoms. The Morgan fingerprint density at radius 1 is 1.25 bits per heavy atom. The van der Waals surface area contributed by atoms with Crippen molar-refractivity contribution in [2.45, 2.75) is 25.2 Å². The van der Waals surface area contributed by atoms with Crippen molar-refractivity contribution in [2.24, 2.45) is 7.05 Å². The molecule has 2 aromatic rings. The molecule has 1 heterocycles. The maximum atomic E-state index is 11.9. The summed E-state index contributed by atoms with van der Waals surface area (Å²) >= 11 is 1.58. The summed E-state index contributed by atoms with van der Waals surface area (Å²) in [4.78, 5) is 24.7. The maximum Gasteiger partial charge on any atom is 0.307 e. The number of benzene rings is 1. The molecule has 0 radical (unpaired) electrons. The summed E-state index contributed by atoms with van der Waals surface area (Å²) in [5.74, 6) is -0.128. The number of esters is 1. The first-order chi connectivity index (χ1) is 11.5. The fourth-order valence-electron chi connectivity index (χ4n) is 2.12. The van der Waals surface area contributed by atoms with Crippen molar-refractivity contribution in [2.75, 3.05) is 17.7 Å². The molecule has 0 bridgehead atoms. The molecule has 1 amide bonds. The monoisotopic (exact) mass is 347 g/mol. The Labute approximate surface area is 145 Å². The number of nitrogens with one attached hydrogen (secondary N) is 1. The number of hydrogen-bond acceptors (Lipinski definition) is 5. The summed E-state index contributed by atoms with van der Waals surface area (Å²) in [6.45, 7) is 3.39. The molecule has 0 aliphatic heterocycles. The first-order valence-electron chi connectivity index (χ1n) is 7.61. The van der Waals surface area contributed by atoms with Crippen LogP contribution >= 0.6 is 11.8 Å². The van der Waals surface area contributed by atoms with Crippen LogP contribution < -0.4 is 5.32 Å². The van der Waals surface area contributed by atoms with Gasteiger partial charge < -0.3 is 10.1 Å². The van der Waals surface area contributed by atoms with Crippen molar-refractivity contribution in [1.82, 2.24) is 9.78 Å². The average molecular weight is 347 g/mol. The molecular weight excluding hydrogens is 326 g/mol. The summed E-state index contributed by atoms with van der Waals surface area (Å²) in [6.07, 6.45) is 0.262. The predicted octanol–water partition coefficient (Wildman–Crippen LogP) is 2.70. The molecule has 0 saturated carbocycles. The zero-order chi connectivity index (χ0) is 17.5. The number of carbonyl (C=O) groups is 2. The van der Waals surface area contributed by atoms with E-state index in [1.807, 2.05) is 51.2 Å². The molecular formula is C17H21N3O3S. The average Bonchev–Trinajstić information content (AvgIpc) is 2.80. The van der Waals surface area contributed by atoms with Gasteiger partial charge in [-0.3, -0.25) is 14.3 Å². The number of aryl methyl sites for hydroxylation is 2. The number of carbonyl (C=O) groups excluding carboxylic acids is 2. The summed E-state index contributed by atoms with van der Waals surface area (Å²) in [5.41, 5.74) is 2.25.